The number of carbonyl (C=O) groups is 1. The van der Waals surface area contributed by atoms with Crippen LogP contribution >= 0.6 is 0 Å². The molecular weight excluding hydrogens is 428 g/mol. The first-order valence-corrected chi connectivity index (χ1v) is 12.8. The Kier molecular flexibility index (Phi) is 4.56. The van der Waals surface area contributed by atoms with Crippen LogP contribution in [0.15, 0.2) is 36.4 Å². The van der Waals surface area contributed by atoms with E-state index in [0.717, 1.165) is 43.7 Å². The molecule has 2 bridgehead atoms. The van der Waals surface area contributed by atoms with Gasteiger partial charge < -0.3 is 20.3 Å². The normalized spacial score (nSPS) is 33.2. The van der Waals surface area contributed by atoms with Crippen LogP contribution in [0.2, 0.25) is 0 Å². The Morgan fingerprint density at radius 3 is 2.88 bits per heavy atom. The van der Waals surface area contributed by atoms with Crippen LogP contribution in [-0.2, 0) is 18.4 Å². The maximum absolute atomic E-state index is 13.2. The average Bonchev–Trinajstić information content (AvgIpc) is 3.60. The van der Waals surface area contributed by atoms with Crippen LogP contribution < -0.4 is 10.1 Å². The lowest BCUT2D eigenvalue weighted by atomic mass is 9.51. The lowest BCUT2D eigenvalue weighted by molar-refractivity contribution is -0.0647. The number of benzene rings is 2. The molecule has 0 unspecified atom stereocenters. The number of ether oxygens (including phenoxy) is 1. The third-order valence-electron chi connectivity index (χ3n) is 9.31. The minimum atomic E-state index is -0.163. The van der Waals surface area contributed by atoms with Crippen molar-refractivity contribution in [2.24, 2.45) is 11.8 Å². The molecule has 1 saturated heterocycles. The predicted octanol–water partition coefficient (Wildman–Crippen LogP) is 3.13. The number of likely N-dealkylation sites (tertiary alicyclic amines) is 1. The van der Waals surface area contributed by atoms with Crippen molar-refractivity contribution in [2.45, 2.75) is 68.7 Å². The third-order valence-corrected chi connectivity index (χ3v) is 9.31. The van der Waals surface area contributed by atoms with Gasteiger partial charge in [0.1, 0.15) is 6.10 Å². The molecule has 3 N–H and O–H groups in total. The number of aliphatic hydroxyl groups is 1. The van der Waals surface area contributed by atoms with Crippen LogP contribution in [0.1, 0.15) is 59.2 Å². The Balaban J connectivity index is 1.24. The zero-order chi connectivity index (χ0) is 23.0. The van der Waals surface area contributed by atoms with Crippen LogP contribution in [0, 0.1) is 11.8 Å². The molecule has 2 heterocycles. The van der Waals surface area contributed by atoms with Gasteiger partial charge in [-0.15, -0.1) is 0 Å². The fraction of sp³-hybridized carbons (Fsp3) is 0.536. The van der Waals surface area contributed by atoms with Gasteiger partial charge in [0.2, 0.25) is 0 Å². The van der Waals surface area contributed by atoms with Crippen molar-refractivity contribution in [2.75, 3.05) is 13.1 Å². The maximum Gasteiger partial charge on any atom is 0.251 e. The van der Waals surface area contributed by atoms with E-state index < -0.39 is 0 Å². The van der Waals surface area contributed by atoms with Gasteiger partial charge in [-0.25, -0.2) is 0 Å². The topological polar surface area (TPSA) is 82.0 Å². The smallest absolute Gasteiger partial charge is 0.251 e. The van der Waals surface area contributed by atoms with E-state index in [1.165, 1.54) is 30.5 Å². The highest BCUT2D eigenvalue weighted by Crippen LogP contribution is 2.64. The highest BCUT2D eigenvalue weighted by molar-refractivity contribution is 5.94. The number of rotatable bonds is 5. The molecule has 6 heteroatoms. The minimum absolute atomic E-state index is 0.0861. The summed E-state index contributed by atoms with van der Waals surface area (Å²) in [6, 6.07) is 11.5. The van der Waals surface area contributed by atoms with Gasteiger partial charge in [0.25, 0.3) is 5.91 Å². The second-order valence-electron chi connectivity index (χ2n) is 11.1. The molecule has 2 aliphatic heterocycles. The number of aromatic hydroxyl groups is 1. The van der Waals surface area contributed by atoms with Gasteiger partial charge in [0.15, 0.2) is 11.5 Å². The van der Waals surface area contributed by atoms with Gasteiger partial charge in [-0.05, 0) is 86.2 Å². The molecule has 1 amide bonds. The molecule has 5 aliphatic rings. The van der Waals surface area contributed by atoms with Crippen molar-refractivity contribution < 1.29 is 19.7 Å². The molecule has 178 valence electrons. The van der Waals surface area contributed by atoms with E-state index in [1.54, 1.807) is 18.2 Å². The highest BCUT2D eigenvalue weighted by atomic mass is 16.5. The Hall–Kier alpha value is -2.57. The maximum atomic E-state index is 13.2. The van der Waals surface area contributed by atoms with Crippen LogP contribution in [-0.4, -0.2) is 52.3 Å². The summed E-state index contributed by atoms with van der Waals surface area (Å²) in [6.07, 6.45) is 6.55. The zero-order valence-corrected chi connectivity index (χ0v) is 19.4. The van der Waals surface area contributed by atoms with Gasteiger partial charge in [-0.2, -0.15) is 0 Å². The van der Waals surface area contributed by atoms with E-state index in [1.807, 2.05) is 12.1 Å². The Labute approximate surface area is 199 Å². The summed E-state index contributed by atoms with van der Waals surface area (Å²) in [4.78, 5) is 16.0. The van der Waals surface area contributed by atoms with Crippen molar-refractivity contribution >= 4 is 5.91 Å². The van der Waals surface area contributed by atoms with E-state index >= 15 is 0 Å². The Morgan fingerprint density at radius 2 is 2.06 bits per heavy atom. The van der Waals surface area contributed by atoms with Gasteiger partial charge in [0, 0.05) is 29.1 Å². The molecule has 7 rings (SSSR count). The Bertz CT molecular complexity index is 1160. The number of piperidine rings is 1. The summed E-state index contributed by atoms with van der Waals surface area (Å²) in [5.74, 6) is 2.11. The molecule has 2 saturated carbocycles. The van der Waals surface area contributed by atoms with E-state index in [0.29, 0.717) is 23.3 Å². The molecule has 1 spiro atoms. The lowest BCUT2D eigenvalue weighted by Crippen LogP contribution is -2.69. The van der Waals surface area contributed by atoms with Crippen molar-refractivity contribution in [3.05, 3.63) is 58.7 Å². The van der Waals surface area contributed by atoms with Crippen LogP contribution in [0.4, 0.5) is 0 Å². The molecule has 0 radical (unpaired) electrons. The summed E-state index contributed by atoms with van der Waals surface area (Å²) in [6.45, 7) is 2.19. The van der Waals surface area contributed by atoms with Crippen LogP contribution in [0.5, 0.6) is 11.5 Å². The molecule has 34 heavy (non-hydrogen) atoms. The number of nitrogens with one attached hydrogen (secondary N) is 1. The van der Waals surface area contributed by atoms with Gasteiger partial charge >= 0.3 is 0 Å². The monoisotopic (exact) mass is 460 g/mol. The molecule has 6 nitrogen and oxygen atoms in total. The van der Waals surface area contributed by atoms with Crippen LogP contribution in [0.3, 0.4) is 0 Å². The molecule has 2 aromatic carbocycles. The summed E-state index contributed by atoms with van der Waals surface area (Å²) in [7, 11) is 0. The molecule has 2 aromatic rings. The van der Waals surface area contributed by atoms with Crippen molar-refractivity contribution in [1.29, 1.82) is 0 Å². The Morgan fingerprint density at radius 1 is 1.18 bits per heavy atom. The number of hydrogen-bond acceptors (Lipinski definition) is 5. The van der Waals surface area contributed by atoms with E-state index in [-0.39, 0.29) is 35.8 Å². The first kappa shape index (κ1) is 20.8. The number of aliphatic hydroxyl groups excluding tert-OH is 1. The number of amides is 1. The molecule has 3 fully saturated rings. The summed E-state index contributed by atoms with van der Waals surface area (Å²) < 4.78 is 6.61. The first-order chi connectivity index (χ1) is 16.6. The van der Waals surface area contributed by atoms with Crippen LogP contribution in [0.25, 0.3) is 0 Å². The molecular formula is C28H32N2O4. The average molecular weight is 461 g/mol. The summed E-state index contributed by atoms with van der Waals surface area (Å²) in [5.41, 5.74) is 3.69. The predicted molar refractivity (Wildman–Crippen MR) is 127 cm³/mol. The number of hydrogen-bond donors (Lipinski definition) is 3. The van der Waals surface area contributed by atoms with Gasteiger partial charge in [0.05, 0.1) is 12.6 Å². The molecule has 5 atom stereocenters. The van der Waals surface area contributed by atoms with Crippen molar-refractivity contribution in [3.63, 3.8) is 0 Å². The van der Waals surface area contributed by atoms with Crippen molar-refractivity contribution in [3.8, 4) is 11.5 Å². The lowest BCUT2D eigenvalue weighted by Gasteiger charge is -2.59. The number of carbonyl (C=O) groups excluding carboxylic acids is 1. The van der Waals surface area contributed by atoms with E-state index in [4.69, 9.17) is 4.74 Å². The van der Waals surface area contributed by atoms with Gasteiger partial charge in [-0.1, -0.05) is 18.2 Å². The van der Waals surface area contributed by atoms with Gasteiger partial charge in [-0.3, -0.25) is 9.69 Å². The largest absolute Gasteiger partial charge is 0.504 e. The van der Waals surface area contributed by atoms with E-state index in [9.17, 15) is 15.0 Å². The third kappa shape index (κ3) is 2.91. The minimum Gasteiger partial charge on any atom is -0.504 e. The number of nitrogens with zero attached hydrogens (tertiary/aromatic N) is 1. The SMILES string of the molecule is O=C(N[C@@H]1CC[C@H]2[C@H]3Cc4ccc(O)c5c4[C@@]2(CCN3CC2CC2)[C@H]1O5)c1cccc(CO)c1. The summed E-state index contributed by atoms with van der Waals surface area (Å²) >= 11 is 0. The standard InChI is InChI=1S/C28H32N2O4/c31-15-17-2-1-3-19(12-17)27(33)29-21-8-7-20-22-13-18-6-9-23(32)25-24(18)28(20,26(21)34-25)10-11-30(22)14-16-4-5-16/h1-3,6,9,12,16,20-22,26,31-32H,4-5,7-8,10-11,13-15H2,(H,29,33)/t20-,21+,22+,26-,28-/m0/s1. The number of phenols is 1. The van der Waals surface area contributed by atoms with E-state index in [2.05, 4.69) is 16.3 Å². The quantitative estimate of drug-likeness (QED) is 0.639. The molecule has 0 aromatic heterocycles. The molecule has 3 aliphatic carbocycles. The fourth-order valence-corrected chi connectivity index (χ4v) is 7.70. The van der Waals surface area contributed by atoms with Crippen molar-refractivity contribution in [1.82, 2.24) is 10.2 Å². The first-order valence-electron chi connectivity index (χ1n) is 12.8. The zero-order valence-electron chi connectivity index (χ0n) is 19.4. The number of phenolic OH excluding ortho intramolecular Hbond substituents is 1. The second-order valence-corrected chi connectivity index (χ2v) is 11.1. The highest BCUT2D eigenvalue weighted by Gasteiger charge is 2.66. The second kappa shape index (κ2) is 7.46. The summed E-state index contributed by atoms with van der Waals surface area (Å²) in [5, 5.41) is 23.5. The fourth-order valence-electron chi connectivity index (χ4n) is 7.70.